The lowest BCUT2D eigenvalue weighted by Gasteiger charge is -2.28. The van der Waals surface area contributed by atoms with Gasteiger partial charge < -0.3 is 10.6 Å². The normalized spacial score (nSPS) is 17.2. The molecule has 1 aliphatic rings. The van der Waals surface area contributed by atoms with Crippen molar-refractivity contribution in [1.29, 1.82) is 0 Å². The van der Waals surface area contributed by atoms with E-state index in [1.807, 2.05) is 0 Å². The van der Waals surface area contributed by atoms with E-state index >= 15 is 0 Å². The highest BCUT2D eigenvalue weighted by molar-refractivity contribution is 7.89. The minimum atomic E-state index is -3.63. The molecule has 0 spiro atoms. The van der Waals surface area contributed by atoms with Crippen molar-refractivity contribution >= 4 is 27.3 Å². The fourth-order valence-corrected chi connectivity index (χ4v) is 4.25. The number of rotatable bonds is 3. The van der Waals surface area contributed by atoms with Crippen LogP contribution in [0.1, 0.15) is 22.1 Å². The van der Waals surface area contributed by atoms with Gasteiger partial charge in [0.05, 0.1) is 5.69 Å². The molecule has 6 nitrogen and oxygen atoms in total. The number of anilines is 2. The van der Waals surface area contributed by atoms with Gasteiger partial charge in [-0.25, -0.2) is 12.8 Å². The Labute approximate surface area is 161 Å². The first-order valence-corrected chi connectivity index (χ1v) is 9.95. The number of para-hydroxylation sites is 1. The van der Waals surface area contributed by atoms with Gasteiger partial charge in [0.1, 0.15) is 16.9 Å². The average Bonchev–Trinajstić information content (AvgIpc) is 2.69. The Hall–Kier alpha value is -3.23. The van der Waals surface area contributed by atoms with Crippen LogP contribution < -0.4 is 15.4 Å². The number of nitrogens with one attached hydrogen (secondary N) is 3. The predicted octanol–water partition coefficient (Wildman–Crippen LogP) is 3.48. The van der Waals surface area contributed by atoms with Crippen molar-refractivity contribution in [3.63, 3.8) is 0 Å². The molecule has 0 radical (unpaired) electrons. The van der Waals surface area contributed by atoms with E-state index in [1.54, 1.807) is 42.5 Å². The molecule has 8 heteroatoms. The first kappa shape index (κ1) is 18.1. The lowest BCUT2D eigenvalue weighted by Crippen LogP contribution is -2.38. The highest BCUT2D eigenvalue weighted by Gasteiger charge is 2.29. The van der Waals surface area contributed by atoms with Crippen molar-refractivity contribution in [3.8, 4) is 0 Å². The van der Waals surface area contributed by atoms with Crippen molar-refractivity contribution in [3.05, 3.63) is 89.7 Å². The monoisotopic (exact) mass is 397 g/mol. The second kappa shape index (κ2) is 7.06. The molecule has 1 heterocycles. The predicted molar refractivity (Wildman–Crippen MR) is 104 cm³/mol. The van der Waals surface area contributed by atoms with Gasteiger partial charge in [0, 0.05) is 11.3 Å². The number of carbonyl (C=O) groups is 1. The smallest absolute Gasteiger partial charge is 0.255 e. The molecule has 28 heavy (non-hydrogen) atoms. The second-order valence-electron chi connectivity index (χ2n) is 6.28. The van der Waals surface area contributed by atoms with Crippen molar-refractivity contribution in [2.24, 2.45) is 0 Å². The Bertz CT molecular complexity index is 1130. The minimum Gasteiger partial charge on any atom is -0.364 e. The van der Waals surface area contributed by atoms with Crippen LogP contribution in [0.15, 0.2) is 77.7 Å². The molecule has 3 aromatic carbocycles. The van der Waals surface area contributed by atoms with Crippen LogP contribution in [-0.4, -0.2) is 14.3 Å². The van der Waals surface area contributed by atoms with Gasteiger partial charge in [-0.15, -0.1) is 0 Å². The zero-order valence-electron chi connectivity index (χ0n) is 14.5. The molecule has 3 aromatic rings. The standard InChI is InChI=1S/C20H16FN3O3S/c21-15-9-11-16(12-10-15)22-20(25)14-7-5-13(6-8-14)19-23-17-3-1-2-4-18(17)28(26,27)24-19/h1-12,19,23-24H,(H,22,25)/t19-/m0/s1. The van der Waals surface area contributed by atoms with E-state index in [-0.39, 0.29) is 16.6 Å². The van der Waals surface area contributed by atoms with Gasteiger partial charge in [0.15, 0.2) is 0 Å². The third-order valence-corrected chi connectivity index (χ3v) is 5.84. The number of fused-ring (bicyclic) bond motifs is 1. The van der Waals surface area contributed by atoms with E-state index in [1.165, 1.54) is 30.3 Å². The van der Waals surface area contributed by atoms with E-state index in [0.29, 0.717) is 22.5 Å². The zero-order chi connectivity index (χ0) is 19.7. The Balaban J connectivity index is 1.52. The molecule has 1 amide bonds. The van der Waals surface area contributed by atoms with Gasteiger partial charge in [-0.05, 0) is 54.1 Å². The van der Waals surface area contributed by atoms with Gasteiger partial charge in [-0.2, -0.15) is 4.72 Å². The molecule has 0 saturated carbocycles. The van der Waals surface area contributed by atoms with Gasteiger partial charge in [-0.1, -0.05) is 24.3 Å². The molecule has 0 bridgehead atoms. The van der Waals surface area contributed by atoms with Gasteiger partial charge in [0.25, 0.3) is 5.91 Å². The molecule has 0 saturated heterocycles. The van der Waals surface area contributed by atoms with E-state index < -0.39 is 16.2 Å². The number of benzene rings is 3. The largest absolute Gasteiger partial charge is 0.364 e. The fraction of sp³-hybridized carbons (Fsp3) is 0.0500. The van der Waals surface area contributed by atoms with Gasteiger partial charge in [0.2, 0.25) is 10.0 Å². The molecule has 0 unspecified atom stereocenters. The molecule has 3 N–H and O–H groups in total. The van der Waals surface area contributed by atoms with Crippen LogP contribution in [0, 0.1) is 5.82 Å². The van der Waals surface area contributed by atoms with Crippen LogP contribution in [0.4, 0.5) is 15.8 Å². The summed E-state index contributed by atoms with van der Waals surface area (Å²) in [6.45, 7) is 0. The topological polar surface area (TPSA) is 87.3 Å². The van der Waals surface area contributed by atoms with Crippen LogP contribution in [0.5, 0.6) is 0 Å². The number of halogens is 1. The fourth-order valence-electron chi connectivity index (χ4n) is 2.94. The summed E-state index contributed by atoms with van der Waals surface area (Å²) in [4.78, 5) is 12.5. The number of hydrogen-bond donors (Lipinski definition) is 3. The third-order valence-electron chi connectivity index (χ3n) is 4.36. The van der Waals surface area contributed by atoms with Crippen LogP contribution in [0.3, 0.4) is 0 Å². The van der Waals surface area contributed by atoms with Crippen molar-refractivity contribution in [2.45, 2.75) is 11.1 Å². The quantitative estimate of drug-likeness (QED) is 0.632. The first-order valence-electron chi connectivity index (χ1n) is 8.47. The molecule has 0 aromatic heterocycles. The molecular weight excluding hydrogens is 381 g/mol. The summed E-state index contributed by atoms with van der Waals surface area (Å²) in [5.74, 6) is -0.730. The van der Waals surface area contributed by atoms with Crippen LogP contribution in [0.25, 0.3) is 0 Å². The summed E-state index contributed by atoms with van der Waals surface area (Å²) in [5.41, 5.74) is 2.06. The Morgan fingerprint density at radius 3 is 2.32 bits per heavy atom. The maximum absolute atomic E-state index is 12.9. The molecule has 0 fully saturated rings. The highest BCUT2D eigenvalue weighted by Crippen LogP contribution is 2.30. The molecule has 1 atom stereocenters. The molecular formula is C20H16FN3O3S. The summed E-state index contributed by atoms with van der Waals surface area (Å²) in [5, 5.41) is 5.81. The Morgan fingerprint density at radius 1 is 0.929 bits per heavy atom. The van der Waals surface area contributed by atoms with E-state index in [9.17, 15) is 17.6 Å². The first-order chi connectivity index (χ1) is 13.4. The van der Waals surface area contributed by atoms with Gasteiger partial charge in [-0.3, -0.25) is 4.79 Å². The Morgan fingerprint density at radius 2 is 1.61 bits per heavy atom. The third kappa shape index (κ3) is 3.60. The summed E-state index contributed by atoms with van der Waals surface area (Å²) in [6.07, 6.45) is -0.644. The van der Waals surface area contributed by atoms with Crippen LogP contribution >= 0.6 is 0 Å². The summed E-state index contributed by atoms with van der Waals surface area (Å²) in [7, 11) is -3.63. The van der Waals surface area contributed by atoms with E-state index in [4.69, 9.17) is 0 Å². The lowest BCUT2D eigenvalue weighted by atomic mass is 10.1. The zero-order valence-corrected chi connectivity index (χ0v) is 15.3. The molecule has 142 valence electrons. The average molecular weight is 397 g/mol. The highest BCUT2D eigenvalue weighted by atomic mass is 32.2. The van der Waals surface area contributed by atoms with Crippen molar-refractivity contribution < 1.29 is 17.6 Å². The lowest BCUT2D eigenvalue weighted by molar-refractivity contribution is 0.102. The minimum absolute atomic E-state index is 0.196. The molecule has 4 rings (SSSR count). The van der Waals surface area contributed by atoms with Crippen molar-refractivity contribution in [1.82, 2.24) is 4.72 Å². The number of carbonyl (C=O) groups excluding carboxylic acids is 1. The summed E-state index contributed by atoms with van der Waals surface area (Å²) < 4.78 is 40.4. The SMILES string of the molecule is O=C(Nc1ccc(F)cc1)c1ccc([C@H]2Nc3ccccc3S(=O)(=O)N2)cc1. The van der Waals surface area contributed by atoms with E-state index in [0.717, 1.165) is 0 Å². The number of hydrogen-bond acceptors (Lipinski definition) is 4. The van der Waals surface area contributed by atoms with Crippen molar-refractivity contribution in [2.75, 3.05) is 10.6 Å². The van der Waals surface area contributed by atoms with Crippen LogP contribution in [-0.2, 0) is 10.0 Å². The molecule has 1 aliphatic heterocycles. The second-order valence-corrected chi connectivity index (χ2v) is 7.96. The summed E-state index contributed by atoms with van der Waals surface area (Å²) >= 11 is 0. The number of amides is 1. The summed E-state index contributed by atoms with van der Waals surface area (Å²) in [6, 6.07) is 18.7. The van der Waals surface area contributed by atoms with Gasteiger partial charge >= 0.3 is 0 Å². The maximum Gasteiger partial charge on any atom is 0.255 e. The Kier molecular flexibility index (Phi) is 4.58. The maximum atomic E-state index is 12.9. The van der Waals surface area contributed by atoms with E-state index in [2.05, 4.69) is 15.4 Å². The number of sulfonamides is 1. The van der Waals surface area contributed by atoms with Crippen LogP contribution in [0.2, 0.25) is 0 Å². The molecule has 0 aliphatic carbocycles.